The Morgan fingerprint density at radius 1 is 1.00 bits per heavy atom. The number of rotatable bonds is 11. The van der Waals surface area contributed by atoms with E-state index in [4.69, 9.17) is 0 Å². The number of nitrogens with one attached hydrogen (secondary N) is 1. The highest BCUT2D eigenvalue weighted by molar-refractivity contribution is 4.80. The summed E-state index contributed by atoms with van der Waals surface area (Å²) in [7, 11) is 0. The molecule has 0 amide bonds. The summed E-state index contributed by atoms with van der Waals surface area (Å²) in [6, 6.07) is 0.828. The molecule has 1 atom stereocenters. The molecule has 1 saturated carbocycles. The van der Waals surface area contributed by atoms with E-state index in [9.17, 15) is 0 Å². The van der Waals surface area contributed by atoms with Crippen LogP contribution in [-0.4, -0.2) is 12.6 Å². The van der Waals surface area contributed by atoms with E-state index in [2.05, 4.69) is 19.2 Å². The zero-order chi connectivity index (χ0) is 11.6. The Labute approximate surface area is 102 Å². The standard InChI is InChI=1S/C15H31N/c1-3-5-6-7-8-9-15(16-12-4-2)13-14-10-11-14/h14-16H,3-13H2,1-2H3. The summed E-state index contributed by atoms with van der Waals surface area (Å²) in [6.45, 7) is 5.77. The molecule has 0 aliphatic heterocycles. The molecular formula is C15H31N. The van der Waals surface area contributed by atoms with Gasteiger partial charge < -0.3 is 5.32 Å². The van der Waals surface area contributed by atoms with Crippen LogP contribution in [0.1, 0.15) is 78.1 Å². The number of unbranched alkanes of at least 4 members (excludes halogenated alkanes) is 4. The summed E-state index contributed by atoms with van der Waals surface area (Å²) in [5.74, 6) is 1.07. The van der Waals surface area contributed by atoms with Gasteiger partial charge in [-0.15, -0.1) is 0 Å². The molecule has 1 N–H and O–H groups in total. The highest BCUT2D eigenvalue weighted by atomic mass is 14.9. The molecule has 0 aromatic rings. The molecule has 0 saturated heterocycles. The van der Waals surface area contributed by atoms with Crippen molar-refractivity contribution in [3.8, 4) is 0 Å². The maximum atomic E-state index is 3.73. The number of hydrogen-bond donors (Lipinski definition) is 1. The first-order valence-electron chi connectivity index (χ1n) is 7.60. The van der Waals surface area contributed by atoms with Gasteiger partial charge in [0.1, 0.15) is 0 Å². The van der Waals surface area contributed by atoms with Crippen LogP contribution >= 0.6 is 0 Å². The van der Waals surface area contributed by atoms with Crippen LogP contribution in [0.25, 0.3) is 0 Å². The lowest BCUT2D eigenvalue weighted by molar-refractivity contribution is 0.414. The van der Waals surface area contributed by atoms with Gasteiger partial charge in [-0.2, -0.15) is 0 Å². The molecule has 0 radical (unpaired) electrons. The molecule has 0 heterocycles. The average molecular weight is 225 g/mol. The zero-order valence-electron chi connectivity index (χ0n) is 11.4. The van der Waals surface area contributed by atoms with Gasteiger partial charge >= 0.3 is 0 Å². The van der Waals surface area contributed by atoms with E-state index >= 15 is 0 Å². The lowest BCUT2D eigenvalue weighted by atomic mass is 10.0. The van der Waals surface area contributed by atoms with Gasteiger partial charge in [0.25, 0.3) is 0 Å². The summed E-state index contributed by atoms with van der Waals surface area (Å²) >= 11 is 0. The fourth-order valence-corrected chi connectivity index (χ4v) is 2.40. The molecule has 1 nitrogen and oxygen atoms in total. The summed E-state index contributed by atoms with van der Waals surface area (Å²) in [6.07, 6.45) is 14.3. The predicted octanol–water partition coefficient (Wildman–Crippen LogP) is 4.52. The van der Waals surface area contributed by atoms with Crippen LogP contribution in [0, 0.1) is 5.92 Å². The monoisotopic (exact) mass is 225 g/mol. The van der Waals surface area contributed by atoms with Crippen LogP contribution in [0.5, 0.6) is 0 Å². The maximum Gasteiger partial charge on any atom is 0.00696 e. The largest absolute Gasteiger partial charge is 0.314 e. The minimum atomic E-state index is 0.828. The van der Waals surface area contributed by atoms with Crippen molar-refractivity contribution in [1.29, 1.82) is 0 Å². The smallest absolute Gasteiger partial charge is 0.00696 e. The third-order valence-electron chi connectivity index (χ3n) is 3.65. The summed E-state index contributed by atoms with van der Waals surface area (Å²) in [5, 5.41) is 3.73. The molecule has 1 aliphatic rings. The third kappa shape index (κ3) is 7.27. The van der Waals surface area contributed by atoms with Gasteiger partial charge in [-0.1, -0.05) is 58.8 Å². The normalized spacial score (nSPS) is 17.6. The molecule has 1 fully saturated rings. The van der Waals surface area contributed by atoms with Gasteiger partial charge in [0, 0.05) is 6.04 Å². The molecule has 0 aromatic carbocycles. The van der Waals surface area contributed by atoms with Gasteiger partial charge in [0.15, 0.2) is 0 Å². The minimum absolute atomic E-state index is 0.828. The maximum absolute atomic E-state index is 3.73. The summed E-state index contributed by atoms with van der Waals surface area (Å²) < 4.78 is 0. The second-order valence-corrected chi connectivity index (χ2v) is 5.53. The Hall–Kier alpha value is -0.0400. The van der Waals surface area contributed by atoms with E-state index in [1.54, 1.807) is 0 Å². The molecule has 0 bridgehead atoms. The van der Waals surface area contributed by atoms with E-state index in [-0.39, 0.29) is 0 Å². The van der Waals surface area contributed by atoms with Gasteiger partial charge in [-0.05, 0) is 31.7 Å². The summed E-state index contributed by atoms with van der Waals surface area (Å²) in [5.41, 5.74) is 0. The van der Waals surface area contributed by atoms with Crippen LogP contribution in [0.3, 0.4) is 0 Å². The van der Waals surface area contributed by atoms with Crippen molar-refractivity contribution in [2.45, 2.75) is 84.1 Å². The van der Waals surface area contributed by atoms with E-state index in [1.165, 1.54) is 70.8 Å². The predicted molar refractivity (Wildman–Crippen MR) is 72.8 cm³/mol. The van der Waals surface area contributed by atoms with Crippen molar-refractivity contribution >= 4 is 0 Å². The lowest BCUT2D eigenvalue weighted by Gasteiger charge is -2.18. The van der Waals surface area contributed by atoms with Crippen molar-refractivity contribution in [3.63, 3.8) is 0 Å². The van der Waals surface area contributed by atoms with E-state index in [0.29, 0.717) is 0 Å². The minimum Gasteiger partial charge on any atom is -0.314 e. The molecule has 1 heteroatoms. The first-order valence-corrected chi connectivity index (χ1v) is 7.60. The van der Waals surface area contributed by atoms with E-state index < -0.39 is 0 Å². The number of hydrogen-bond acceptors (Lipinski definition) is 1. The second-order valence-electron chi connectivity index (χ2n) is 5.53. The molecule has 16 heavy (non-hydrogen) atoms. The SMILES string of the molecule is CCCCCCCC(CC1CC1)NCCC. The van der Waals surface area contributed by atoms with Gasteiger partial charge in [0.05, 0.1) is 0 Å². The van der Waals surface area contributed by atoms with Gasteiger partial charge in [0.2, 0.25) is 0 Å². The van der Waals surface area contributed by atoms with Crippen LogP contribution in [-0.2, 0) is 0 Å². The van der Waals surface area contributed by atoms with Crippen LogP contribution in [0.4, 0.5) is 0 Å². The zero-order valence-corrected chi connectivity index (χ0v) is 11.4. The quantitative estimate of drug-likeness (QED) is 0.510. The molecule has 96 valence electrons. The molecule has 1 rings (SSSR count). The first kappa shape index (κ1) is 14.0. The Kier molecular flexibility index (Phi) is 7.92. The van der Waals surface area contributed by atoms with Gasteiger partial charge in [-0.25, -0.2) is 0 Å². The molecule has 1 unspecified atom stereocenters. The fraction of sp³-hybridized carbons (Fsp3) is 1.00. The fourth-order valence-electron chi connectivity index (χ4n) is 2.40. The summed E-state index contributed by atoms with van der Waals surface area (Å²) in [4.78, 5) is 0. The van der Waals surface area contributed by atoms with Crippen molar-refractivity contribution < 1.29 is 0 Å². The van der Waals surface area contributed by atoms with E-state index in [0.717, 1.165) is 12.0 Å². The highest BCUT2D eigenvalue weighted by Gasteiger charge is 2.24. The van der Waals surface area contributed by atoms with Crippen molar-refractivity contribution in [1.82, 2.24) is 5.32 Å². The van der Waals surface area contributed by atoms with Crippen molar-refractivity contribution in [3.05, 3.63) is 0 Å². The second kappa shape index (κ2) is 9.04. The Bertz CT molecular complexity index is 152. The van der Waals surface area contributed by atoms with Crippen molar-refractivity contribution in [2.75, 3.05) is 6.54 Å². The Morgan fingerprint density at radius 2 is 1.75 bits per heavy atom. The van der Waals surface area contributed by atoms with Crippen molar-refractivity contribution in [2.24, 2.45) is 5.92 Å². The molecule has 0 spiro atoms. The first-order chi connectivity index (χ1) is 7.86. The van der Waals surface area contributed by atoms with Crippen LogP contribution in [0.2, 0.25) is 0 Å². The Morgan fingerprint density at radius 3 is 2.38 bits per heavy atom. The highest BCUT2D eigenvalue weighted by Crippen LogP contribution is 2.34. The van der Waals surface area contributed by atoms with Gasteiger partial charge in [-0.3, -0.25) is 0 Å². The van der Waals surface area contributed by atoms with Crippen LogP contribution < -0.4 is 5.32 Å². The van der Waals surface area contributed by atoms with Crippen LogP contribution in [0.15, 0.2) is 0 Å². The average Bonchev–Trinajstić information content (AvgIpc) is 3.09. The van der Waals surface area contributed by atoms with E-state index in [1.807, 2.05) is 0 Å². The molecule has 1 aliphatic carbocycles. The molecular weight excluding hydrogens is 194 g/mol. The molecule has 0 aromatic heterocycles. The lowest BCUT2D eigenvalue weighted by Crippen LogP contribution is -2.30. The Balaban J connectivity index is 2.00. The topological polar surface area (TPSA) is 12.0 Å². The third-order valence-corrected chi connectivity index (χ3v) is 3.65.